The van der Waals surface area contributed by atoms with Crippen LogP contribution in [0.3, 0.4) is 0 Å². The van der Waals surface area contributed by atoms with Gasteiger partial charge in [-0.05, 0) is 70.9 Å². The van der Waals surface area contributed by atoms with E-state index in [9.17, 15) is 0 Å². The van der Waals surface area contributed by atoms with E-state index in [-0.39, 0.29) is 6.04 Å². The second-order valence-electron chi connectivity index (χ2n) is 4.79. The SMILES string of the molecule is CCNC(Cc1ccccc1OC)c1cc(Cl)ccc1I. The summed E-state index contributed by atoms with van der Waals surface area (Å²) in [4.78, 5) is 0. The molecule has 0 fully saturated rings. The third kappa shape index (κ3) is 4.34. The standard InChI is InChI=1S/C17H19ClINO/c1-3-20-16(14-11-13(18)8-9-15(14)19)10-12-6-4-5-7-17(12)21-2/h4-9,11,16,20H,3,10H2,1-2H3. The first-order valence-corrected chi connectivity index (χ1v) is 8.41. The summed E-state index contributed by atoms with van der Waals surface area (Å²) in [5.74, 6) is 0.928. The van der Waals surface area contributed by atoms with E-state index >= 15 is 0 Å². The van der Waals surface area contributed by atoms with Crippen molar-refractivity contribution in [3.05, 3.63) is 62.2 Å². The van der Waals surface area contributed by atoms with Gasteiger partial charge in [0.1, 0.15) is 5.75 Å². The lowest BCUT2D eigenvalue weighted by atomic mass is 9.98. The second kappa shape index (κ2) is 8.01. The van der Waals surface area contributed by atoms with E-state index in [1.165, 1.54) is 14.7 Å². The summed E-state index contributed by atoms with van der Waals surface area (Å²) in [6.45, 7) is 3.02. The molecule has 2 rings (SSSR count). The van der Waals surface area contributed by atoms with Gasteiger partial charge in [-0.3, -0.25) is 0 Å². The van der Waals surface area contributed by atoms with E-state index in [4.69, 9.17) is 16.3 Å². The highest BCUT2D eigenvalue weighted by Crippen LogP contribution is 2.29. The largest absolute Gasteiger partial charge is 0.496 e. The van der Waals surface area contributed by atoms with E-state index in [0.717, 1.165) is 23.7 Å². The van der Waals surface area contributed by atoms with Crippen LogP contribution in [0.5, 0.6) is 5.75 Å². The van der Waals surface area contributed by atoms with Crippen molar-refractivity contribution in [1.29, 1.82) is 0 Å². The van der Waals surface area contributed by atoms with Crippen LogP contribution in [0.25, 0.3) is 0 Å². The molecule has 2 nitrogen and oxygen atoms in total. The number of rotatable bonds is 6. The van der Waals surface area contributed by atoms with E-state index in [1.54, 1.807) is 7.11 Å². The van der Waals surface area contributed by atoms with E-state index in [1.807, 2.05) is 30.3 Å². The summed E-state index contributed by atoms with van der Waals surface area (Å²) in [6.07, 6.45) is 0.869. The van der Waals surface area contributed by atoms with Crippen LogP contribution in [0, 0.1) is 3.57 Å². The van der Waals surface area contributed by atoms with Crippen molar-refractivity contribution in [1.82, 2.24) is 5.32 Å². The third-order valence-electron chi connectivity index (χ3n) is 3.40. The van der Waals surface area contributed by atoms with Crippen molar-refractivity contribution in [3.8, 4) is 5.75 Å². The maximum absolute atomic E-state index is 6.17. The molecule has 0 spiro atoms. The summed E-state index contributed by atoms with van der Waals surface area (Å²) in [6, 6.07) is 14.4. The molecule has 0 aliphatic heterocycles. The molecule has 1 N–H and O–H groups in total. The fraction of sp³-hybridized carbons (Fsp3) is 0.294. The molecule has 1 atom stereocenters. The van der Waals surface area contributed by atoms with E-state index < -0.39 is 0 Å². The van der Waals surface area contributed by atoms with Gasteiger partial charge in [-0.15, -0.1) is 0 Å². The van der Waals surface area contributed by atoms with Crippen molar-refractivity contribution in [2.75, 3.05) is 13.7 Å². The van der Waals surface area contributed by atoms with Crippen molar-refractivity contribution in [2.45, 2.75) is 19.4 Å². The minimum Gasteiger partial charge on any atom is -0.496 e. The van der Waals surface area contributed by atoms with Crippen LogP contribution in [0.4, 0.5) is 0 Å². The van der Waals surface area contributed by atoms with Crippen molar-refractivity contribution in [3.63, 3.8) is 0 Å². The molecule has 0 bridgehead atoms. The summed E-state index contributed by atoms with van der Waals surface area (Å²) in [7, 11) is 1.71. The second-order valence-corrected chi connectivity index (χ2v) is 6.39. The molecule has 4 heteroatoms. The number of nitrogens with one attached hydrogen (secondary N) is 1. The van der Waals surface area contributed by atoms with Crippen LogP contribution >= 0.6 is 34.2 Å². The zero-order valence-corrected chi connectivity index (χ0v) is 15.1. The lowest BCUT2D eigenvalue weighted by Crippen LogP contribution is -2.24. The molecule has 0 saturated carbocycles. The fourth-order valence-corrected chi connectivity index (χ4v) is 3.30. The van der Waals surface area contributed by atoms with Crippen molar-refractivity contribution in [2.24, 2.45) is 0 Å². The minimum atomic E-state index is 0.219. The van der Waals surface area contributed by atoms with Crippen LogP contribution in [0.1, 0.15) is 24.1 Å². The van der Waals surface area contributed by atoms with Gasteiger partial charge in [0.15, 0.2) is 0 Å². The Hall–Kier alpha value is -0.780. The Morgan fingerprint density at radius 2 is 2.00 bits per heavy atom. The first-order chi connectivity index (χ1) is 10.2. The van der Waals surface area contributed by atoms with Gasteiger partial charge in [0, 0.05) is 14.6 Å². The molecule has 112 valence electrons. The topological polar surface area (TPSA) is 21.3 Å². The molecule has 21 heavy (non-hydrogen) atoms. The highest BCUT2D eigenvalue weighted by Gasteiger charge is 2.16. The quantitative estimate of drug-likeness (QED) is 0.681. The van der Waals surface area contributed by atoms with Gasteiger partial charge >= 0.3 is 0 Å². The van der Waals surface area contributed by atoms with Crippen LogP contribution < -0.4 is 10.1 Å². The molecule has 0 amide bonds. The molecular weight excluding hydrogens is 397 g/mol. The summed E-state index contributed by atoms with van der Waals surface area (Å²) < 4.78 is 6.68. The number of hydrogen-bond acceptors (Lipinski definition) is 2. The Balaban J connectivity index is 2.33. The maximum atomic E-state index is 6.17. The zero-order chi connectivity index (χ0) is 15.2. The van der Waals surface area contributed by atoms with Gasteiger partial charge in [-0.2, -0.15) is 0 Å². The Bertz CT molecular complexity index is 603. The Morgan fingerprint density at radius 1 is 1.24 bits per heavy atom. The molecule has 2 aromatic rings. The first-order valence-electron chi connectivity index (χ1n) is 6.96. The smallest absolute Gasteiger partial charge is 0.122 e. The Kier molecular flexibility index (Phi) is 6.33. The first kappa shape index (κ1) is 16.6. The normalized spacial score (nSPS) is 12.2. The predicted molar refractivity (Wildman–Crippen MR) is 97.3 cm³/mol. The molecule has 0 aliphatic carbocycles. The highest BCUT2D eigenvalue weighted by atomic mass is 127. The molecular formula is C17H19ClINO. The molecule has 2 aromatic carbocycles. The van der Waals surface area contributed by atoms with Crippen LogP contribution in [0.15, 0.2) is 42.5 Å². The fourth-order valence-electron chi connectivity index (χ4n) is 2.41. The average molecular weight is 416 g/mol. The van der Waals surface area contributed by atoms with Gasteiger partial charge in [-0.1, -0.05) is 36.7 Å². The summed E-state index contributed by atoms with van der Waals surface area (Å²) >= 11 is 8.53. The number of hydrogen-bond donors (Lipinski definition) is 1. The number of ether oxygens (including phenoxy) is 1. The molecule has 0 heterocycles. The number of benzene rings is 2. The van der Waals surface area contributed by atoms with Crippen LogP contribution in [0.2, 0.25) is 5.02 Å². The monoisotopic (exact) mass is 415 g/mol. The van der Waals surface area contributed by atoms with Crippen LogP contribution in [-0.2, 0) is 6.42 Å². The van der Waals surface area contributed by atoms with Gasteiger partial charge in [0.25, 0.3) is 0 Å². The Morgan fingerprint density at radius 3 is 2.71 bits per heavy atom. The average Bonchev–Trinajstić information content (AvgIpc) is 2.50. The lowest BCUT2D eigenvalue weighted by molar-refractivity contribution is 0.405. The third-order valence-corrected chi connectivity index (χ3v) is 4.62. The number of para-hydroxylation sites is 1. The van der Waals surface area contributed by atoms with Gasteiger partial charge in [0.2, 0.25) is 0 Å². The van der Waals surface area contributed by atoms with Crippen LogP contribution in [-0.4, -0.2) is 13.7 Å². The number of methoxy groups -OCH3 is 1. The minimum absolute atomic E-state index is 0.219. The molecule has 0 aliphatic rings. The van der Waals surface area contributed by atoms with Gasteiger partial charge in [0.05, 0.1) is 7.11 Å². The van der Waals surface area contributed by atoms with E-state index in [0.29, 0.717) is 0 Å². The molecule has 0 aromatic heterocycles. The zero-order valence-electron chi connectivity index (χ0n) is 12.2. The van der Waals surface area contributed by atoms with Crippen molar-refractivity contribution < 1.29 is 4.74 Å². The summed E-state index contributed by atoms with van der Waals surface area (Å²) in [5, 5.41) is 4.32. The molecule has 0 radical (unpaired) electrons. The van der Waals surface area contributed by atoms with Gasteiger partial charge in [-0.25, -0.2) is 0 Å². The van der Waals surface area contributed by atoms with Gasteiger partial charge < -0.3 is 10.1 Å². The molecule has 0 saturated heterocycles. The van der Waals surface area contributed by atoms with E-state index in [2.05, 4.69) is 47.0 Å². The summed E-state index contributed by atoms with van der Waals surface area (Å²) in [5.41, 5.74) is 2.43. The number of likely N-dealkylation sites (N-methyl/N-ethyl adjacent to an activating group) is 1. The predicted octanol–water partition coefficient (Wildman–Crippen LogP) is 4.85. The molecule has 1 unspecified atom stereocenters. The van der Waals surface area contributed by atoms with Crippen molar-refractivity contribution >= 4 is 34.2 Å². The Labute approximate surface area is 145 Å². The lowest BCUT2D eigenvalue weighted by Gasteiger charge is -2.21. The maximum Gasteiger partial charge on any atom is 0.122 e. The number of halogens is 2. The highest BCUT2D eigenvalue weighted by molar-refractivity contribution is 14.1.